The van der Waals surface area contributed by atoms with Crippen molar-refractivity contribution in [1.82, 2.24) is 5.43 Å². The van der Waals surface area contributed by atoms with Gasteiger partial charge in [0.1, 0.15) is 0 Å². The summed E-state index contributed by atoms with van der Waals surface area (Å²) in [6.07, 6.45) is 0. The minimum absolute atomic E-state index is 0. The molecular weight excluding hydrogens is 392 g/mol. The Kier molecular flexibility index (Phi) is 18.7. The Morgan fingerprint density at radius 3 is 1.67 bits per heavy atom. The van der Waals surface area contributed by atoms with Crippen LogP contribution in [0.5, 0.6) is 0 Å². The van der Waals surface area contributed by atoms with Crippen molar-refractivity contribution in [2.45, 2.75) is 20.8 Å². The molecule has 2 aromatic rings. The lowest BCUT2D eigenvalue weighted by Crippen LogP contribution is -2.30. The van der Waals surface area contributed by atoms with Crippen molar-refractivity contribution in [3.05, 3.63) is 58.7 Å². The van der Waals surface area contributed by atoms with Crippen LogP contribution < -0.4 is 34.4 Å². The average molecular weight is 427 g/mol. The van der Waals surface area contributed by atoms with Gasteiger partial charge in [0.15, 0.2) is 0 Å². The van der Waals surface area contributed by atoms with Crippen molar-refractivity contribution in [3.63, 3.8) is 0 Å². The molecule has 0 aliphatic rings. The van der Waals surface area contributed by atoms with E-state index in [1.807, 2.05) is 19.3 Å². The van der Waals surface area contributed by atoms with Crippen LogP contribution in [-0.2, 0) is 4.74 Å². The molecule has 11 heteroatoms. The van der Waals surface area contributed by atoms with E-state index in [2.05, 4.69) is 16.4 Å². The van der Waals surface area contributed by atoms with E-state index in [1.54, 1.807) is 43.3 Å². The van der Waals surface area contributed by atoms with Crippen molar-refractivity contribution >= 4 is 23.3 Å². The van der Waals surface area contributed by atoms with Crippen LogP contribution >= 0.6 is 0 Å². The third kappa shape index (κ3) is 11.6. The Balaban J connectivity index is -0.000000390. The summed E-state index contributed by atoms with van der Waals surface area (Å²) in [6.45, 7) is 5.69. The number of hydrazine groups is 2. The van der Waals surface area contributed by atoms with Gasteiger partial charge in [-0.1, -0.05) is 12.1 Å². The van der Waals surface area contributed by atoms with Crippen molar-refractivity contribution in [2.24, 2.45) is 17.5 Å². The standard InChI is InChI=1S/C9H11NO2.C8H11N3O.C2H6O.H4N2.H2O/c1-6-3-4-7(5-8(6)10)9(11)12-2;1-5-2-3-6(4-7(5)9)8(12)11-10;1-2-3;1-2;/h3-5H,10H2,1-2H3;2-4H,9-10H2,1H3,(H,11,12);3H,2H2,1H3;1-2H2;1H2. The van der Waals surface area contributed by atoms with Gasteiger partial charge in [-0.25, -0.2) is 10.6 Å². The topological polar surface area (TPSA) is 237 Å². The fourth-order valence-corrected chi connectivity index (χ4v) is 1.75. The molecule has 0 atom stereocenters. The summed E-state index contributed by atoms with van der Waals surface area (Å²) in [5, 5.41) is 7.57. The normalized spacial score (nSPS) is 8.40. The molecule has 0 aliphatic carbocycles. The Morgan fingerprint density at radius 2 is 1.33 bits per heavy atom. The molecule has 0 bridgehead atoms. The highest BCUT2D eigenvalue weighted by Gasteiger charge is 2.05. The first-order valence-electron chi connectivity index (χ1n) is 8.47. The molecule has 0 fully saturated rings. The molecule has 170 valence electrons. The van der Waals surface area contributed by atoms with Gasteiger partial charge in [0, 0.05) is 23.5 Å². The molecule has 0 radical (unpaired) electrons. The lowest BCUT2D eigenvalue weighted by molar-refractivity contribution is 0.0600. The van der Waals surface area contributed by atoms with Gasteiger partial charge in [0.2, 0.25) is 0 Å². The number of nitrogens with one attached hydrogen (secondary N) is 1. The summed E-state index contributed by atoms with van der Waals surface area (Å²) >= 11 is 0. The predicted octanol–water partition coefficient (Wildman–Crippen LogP) is -0.463. The number of hydrogen-bond donors (Lipinski definition) is 7. The number of ether oxygens (including phenoxy) is 1. The smallest absolute Gasteiger partial charge is 0.337 e. The fraction of sp³-hybridized carbons (Fsp3) is 0.263. The minimum atomic E-state index is -0.360. The monoisotopic (exact) mass is 426 g/mol. The van der Waals surface area contributed by atoms with E-state index < -0.39 is 0 Å². The summed E-state index contributed by atoms with van der Waals surface area (Å²) in [4.78, 5) is 22.0. The van der Waals surface area contributed by atoms with Crippen LogP contribution in [0.15, 0.2) is 36.4 Å². The second-order valence-electron chi connectivity index (χ2n) is 5.42. The molecule has 1 amide bonds. The molecule has 30 heavy (non-hydrogen) atoms. The number of anilines is 2. The Hall–Kier alpha value is -3.22. The minimum Gasteiger partial charge on any atom is -0.465 e. The molecule has 0 saturated carbocycles. The number of aliphatic hydroxyl groups is 1. The highest BCUT2D eigenvalue weighted by molar-refractivity contribution is 5.94. The highest BCUT2D eigenvalue weighted by atomic mass is 16.5. The van der Waals surface area contributed by atoms with Gasteiger partial charge < -0.3 is 26.8 Å². The van der Waals surface area contributed by atoms with E-state index in [0.717, 1.165) is 11.1 Å². The van der Waals surface area contributed by atoms with Crippen molar-refractivity contribution in [3.8, 4) is 0 Å². The number of methoxy groups -OCH3 is 1. The summed E-state index contributed by atoms with van der Waals surface area (Å²) < 4.78 is 4.54. The summed E-state index contributed by atoms with van der Waals surface area (Å²) in [6, 6.07) is 10.1. The number of esters is 1. The maximum atomic E-state index is 11.0. The molecule has 0 saturated heterocycles. The van der Waals surface area contributed by atoms with E-state index in [1.165, 1.54) is 7.11 Å². The predicted molar refractivity (Wildman–Crippen MR) is 119 cm³/mol. The third-order valence-electron chi connectivity index (χ3n) is 3.37. The SMILES string of the molecule is CCO.COC(=O)c1ccc(C)c(N)c1.Cc1ccc(C(=O)NN)cc1N.NN.O. The van der Waals surface area contributed by atoms with Gasteiger partial charge in [0.25, 0.3) is 5.91 Å². The maximum Gasteiger partial charge on any atom is 0.337 e. The Morgan fingerprint density at radius 1 is 0.967 bits per heavy atom. The van der Waals surface area contributed by atoms with Crippen molar-refractivity contribution in [1.29, 1.82) is 0 Å². The van der Waals surface area contributed by atoms with Gasteiger partial charge in [0.05, 0.1) is 12.7 Å². The molecule has 0 unspecified atom stereocenters. The van der Waals surface area contributed by atoms with Crippen molar-refractivity contribution in [2.75, 3.05) is 25.2 Å². The van der Waals surface area contributed by atoms with Crippen LogP contribution in [0.2, 0.25) is 0 Å². The zero-order chi connectivity index (χ0) is 23.0. The zero-order valence-electron chi connectivity index (χ0n) is 17.7. The first kappa shape index (κ1) is 31.5. The molecule has 11 nitrogen and oxygen atoms in total. The highest BCUT2D eigenvalue weighted by Crippen LogP contribution is 2.13. The molecule has 0 heterocycles. The lowest BCUT2D eigenvalue weighted by atomic mass is 10.1. The van der Waals surface area contributed by atoms with Gasteiger partial charge in [-0.05, 0) is 56.2 Å². The second-order valence-corrected chi connectivity index (χ2v) is 5.42. The lowest BCUT2D eigenvalue weighted by Gasteiger charge is -2.02. The number of hydrogen-bond acceptors (Lipinski definition) is 9. The molecule has 0 spiro atoms. The summed E-state index contributed by atoms with van der Waals surface area (Å²) in [5.74, 6) is 12.3. The number of amides is 1. The molecule has 0 aromatic heterocycles. The number of rotatable bonds is 2. The van der Waals surface area contributed by atoms with Gasteiger partial charge >= 0.3 is 5.97 Å². The first-order chi connectivity index (χ1) is 13.7. The number of carbonyl (C=O) groups excluding carboxylic acids is 2. The number of aryl methyl sites for hydroxylation is 2. The van der Waals surface area contributed by atoms with Crippen LogP contribution in [0.4, 0.5) is 11.4 Å². The molecule has 2 aromatic carbocycles. The van der Waals surface area contributed by atoms with Crippen molar-refractivity contribution < 1.29 is 24.9 Å². The molecule has 0 aliphatic heterocycles. The van der Waals surface area contributed by atoms with Gasteiger partial charge in [-0.3, -0.25) is 21.9 Å². The summed E-state index contributed by atoms with van der Waals surface area (Å²) in [5.41, 5.74) is 17.3. The number of aliphatic hydroxyl groups excluding tert-OH is 1. The van der Waals surface area contributed by atoms with E-state index in [-0.39, 0.29) is 24.0 Å². The van der Waals surface area contributed by atoms with Gasteiger partial charge in [-0.15, -0.1) is 0 Å². The first-order valence-corrected chi connectivity index (χ1v) is 8.47. The van der Waals surface area contributed by atoms with Gasteiger partial charge in [-0.2, -0.15) is 0 Å². The second kappa shape index (κ2) is 17.8. The third-order valence-corrected chi connectivity index (χ3v) is 3.37. The summed E-state index contributed by atoms with van der Waals surface area (Å²) in [7, 11) is 1.35. The maximum absolute atomic E-state index is 11.0. The van der Waals surface area contributed by atoms with E-state index in [4.69, 9.17) is 22.4 Å². The molecule has 2 rings (SSSR count). The zero-order valence-corrected chi connectivity index (χ0v) is 17.7. The number of nitrogens with two attached hydrogens (primary N) is 5. The van der Waals surface area contributed by atoms with Crippen LogP contribution in [0, 0.1) is 13.8 Å². The Labute approximate surface area is 176 Å². The van der Waals surface area contributed by atoms with E-state index in [0.29, 0.717) is 22.5 Å². The quantitative estimate of drug-likeness (QED) is 0.108. The fourth-order valence-electron chi connectivity index (χ4n) is 1.75. The molecule has 14 N–H and O–H groups in total. The number of nitrogen functional groups attached to an aromatic ring is 3. The van der Waals surface area contributed by atoms with Crippen LogP contribution in [0.1, 0.15) is 38.8 Å². The molecular formula is C19H34N6O5. The Bertz CT molecular complexity index is 708. The van der Waals surface area contributed by atoms with Crippen LogP contribution in [-0.4, -0.2) is 36.2 Å². The number of carbonyl (C=O) groups is 2. The van der Waals surface area contributed by atoms with E-state index >= 15 is 0 Å². The largest absolute Gasteiger partial charge is 0.465 e. The number of benzene rings is 2. The average Bonchev–Trinajstić information content (AvgIpc) is 2.73. The van der Waals surface area contributed by atoms with E-state index in [9.17, 15) is 9.59 Å². The van der Waals surface area contributed by atoms with Crippen LogP contribution in [0.3, 0.4) is 0 Å². The van der Waals surface area contributed by atoms with Crippen LogP contribution in [0.25, 0.3) is 0 Å².